The number of primary sulfonamides is 1. The third-order valence-corrected chi connectivity index (χ3v) is 5.42. The van der Waals surface area contributed by atoms with E-state index in [2.05, 4.69) is 16.3 Å². The molecule has 6 nitrogen and oxygen atoms in total. The van der Waals surface area contributed by atoms with Gasteiger partial charge in [0.1, 0.15) is 0 Å². The lowest BCUT2D eigenvalue weighted by Gasteiger charge is -2.11. The molecule has 2 N–H and O–H groups in total. The zero-order valence-corrected chi connectivity index (χ0v) is 13.0. The number of aromatic nitrogens is 3. The van der Waals surface area contributed by atoms with Crippen LogP contribution in [0.3, 0.4) is 0 Å². The SMILES string of the molecule is CC(C)n1c(-c2cc3c(s2)CCC3)nnc1S(N)(=O)=O. The van der Waals surface area contributed by atoms with Gasteiger partial charge in [-0.2, -0.15) is 0 Å². The van der Waals surface area contributed by atoms with E-state index in [4.69, 9.17) is 5.14 Å². The molecule has 0 radical (unpaired) electrons. The van der Waals surface area contributed by atoms with Crippen molar-refractivity contribution in [2.45, 2.75) is 44.3 Å². The number of rotatable bonds is 3. The van der Waals surface area contributed by atoms with Crippen LogP contribution in [0.5, 0.6) is 0 Å². The van der Waals surface area contributed by atoms with Crippen LogP contribution in [-0.2, 0) is 22.9 Å². The van der Waals surface area contributed by atoms with Crippen molar-refractivity contribution < 1.29 is 8.42 Å². The quantitative estimate of drug-likeness (QED) is 0.934. The van der Waals surface area contributed by atoms with Crippen molar-refractivity contribution in [3.63, 3.8) is 0 Å². The lowest BCUT2D eigenvalue weighted by Crippen LogP contribution is -2.19. The van der Waals surface area contributed by atoms with E-state index in [0.29, 0.717) is 5.82 Å². The largest absolute Gasteiger partial charge is 0.294 e. The van der Waals surface area contributed by atoms with Crippen molar-refractivity contribution in [1.29, 1.82) is 0 Å². The van der Waals surface area contributed by atoms with Crippen LogP contribution in [0.25, 0.3) is 10.7 Å². The van der Waals surface area contributed by atoms with Gasteiger partial charge in [0.2, 0.25) is 0 Å². The second-order valence-electron chi connectivity index (χ2n) is 5.23. The molecule has 2 aromatic rings. The predicted molar refractivity (Wildman–Crippen MR) is 77.1 cm³/mol. The van der Waals surface area contributed by atoms with E-state index < -0.39 is 10.0 Å². The average Bonchev–Trinajstić information content (AvgIpc) is 2.99. The summed E-state index contributed by atoms with van der Waals surface area (Å²) in [4.78, 5) is 2.33. The van der Waals surface area contributed by atoms with Crippen LogP contribution in [0.15, 0.2) is 11.2 Å². The Hall–Kier alpha value is -1.25. The zero-order chi connectivity index (χ0) is 14.5. The van der Waals surface area contributed by atoms with Gasteiger partial charge in [-0.15, -0.1) is 21.5 Å². The summed E-state index contributed by atoms with van der Waals surface area (Å²) in [5.41, 5.74) is 1.35. The van der Waals surface area contributed by atoms with Crippen LogP contribution < -0.4 is 5.14 Å². The molecule has 3 rings (SSSR count). The minimum absolute atomic E-state index is 0.0785. The normalized spacial score (nSPS) is 15.0. The maximum Gasteiger partial charge on any atom is 0.273 e. The van der Waals surface area contributed by atoms with Gasteiger partial charge < -0.3 is 0 Å². The summed E-state index contributed by atoms with van der Waals surface area (Å²) in [5.74, 6) is 0.587. The fourth-order valence-corrected chi connectivity index (χ4v) is 4.51. The Morgan fingerprint density at radius 1 is 1.35 bits per heavy atom. The lowest BCUT2D eigenvalue weighted by molar-refractivity contribution is 0.525. The summed E-state index contributed by atoms with van der Waals surface area (Å²) in [6, 6.07) is 2.02. The van der Waals surface area contributed by atoms with Gasteiger partial charge in [-0.05, 0) is 44.7 Å². The first kappa shape index (κ1) is 13.7. The Labute approximate surface area is 121 Å². The van der Waals surface area contributed by atoms with Gasteiger partial charge in [-0.1, -0.05) is 0 Å². The topological polar surface area (TPSA) is 90.9 Å². The van der Waals surface area contributed by atoms with E-state index in [-0.39, 0.29) is 11.2 Å². The molecule has 108 valence electrons. The molecule has 2 heterocycles. The molecule has 0 saturated carbocycles. The van der Waals surface area contributed by atoms with Gasteiger partial charge in [-0.25, -0.2) is 13.6 Å². The second kappa shape index (κ2) is 4.64. The second-order valence-corrected chi connectivity index (χ2v) is 7.82. The summed E-state index contributed by atoms with van der Waals surface area (Å²) in [7, 11) is -3.87. The van der Waals surface area contributed by atoms with Crippen LogP contribution >= 0.6 is 11.3 Å². The van der Waals surface area contributed by atoms with Crippen molar-refractivity contribution in [2.24, 2.45) is 5.14 Å². The molecule has 0 atom stereocenters. The first-order valence-corrected chi connectivity index (χ1v) is 8.84. The summed E-state index contributed by atoms with van der Waals surface area (Å²) in [6.45, 7) is 3.78. The van der Waals surface area contributed by atoms with Gasteiger partial charge in [0.05, 0.1) is 4.88 Å². The highest BCUT2D eigenvalue weighted by Crippen LogP contribution is 2.37. The summed E-state index contributed by atoms with van der Waals surface area (Å²) in [6.07, 6.45) is 3.38. The molecule has 0 bridgehead atoms. The molecule has 0 aliphatic heterocycles. The highest BCUT2D eigenvalue weighted by Gasteiger charge is 2.26. The van der Waals surface area contributed by atoms with Gasteiger partial charge in [0, 0.05) is 10.9 Å². The lowest BCUT2D eigenvalue weighted by atomic mass is 10.2. The van der Waals surface area contributed by atoms with Gasteiger partial charge in [0.25, 0.3) is 15.2 Å². The predicted octanol–water partition coefficient (Wildman–Crippen LogP) is 1.72. The highest BCUT2D eigenvalue weighted by molar-refractivity contribution is 7.89. The van der Waals surface area contributed by atoms with E-state index in [1.807, 2.05) is 13.8 Å². The number of thiophene rings is 1. The molecule has 0 spiro atoms. The number of aryl methyl sites for hydroxylation is 2. The molecule has 8 heteroatoms. The van der Waals surface area contributed by atoms with Crippen molar-refractivity contribution in [3.8, 4) is 10.7 Å². The van der Waals surface area contributed by atoms with Crippen LogP contribution in [-0.4, -0.2) is 23.2 Å². The van der Waals surface area contributed by atoms with Gasteiger partial charge >= 0.3 is 0 Å². The first-order valence-electron chi connectivity index (χ1n) is 6.47. The molecule has 1 aliphatic carbocycles. The van der Waals surface area contributed by atoms with E-state index in [9.17, 15) is 8.42 Å². The fraction of sp³-hybridized carbons (Fsp3) is 0.500. The van der Waals surface area contributed by atoms with Crippen molar-refractivity contribution >= 4 is 21.4 Å². The Bertz CT molecular complexity index is 737. The highest BCUT2D eigenvalue weighted by atomic mass is 32.2. The van der Waals surface area contributed by atoms with E-state index in [0.717, 1.165) is 17.7 Å². The third-order valence-electron chi connectivity index (χ3n) is 3.40. The van der Waals surface area contributed by atoms with Gasteiger partial charge in [-0.3, -0.25) is 4.57 Å². The minimum atomic E-state index is -3.87. The maximum absolute atomic E-state index is 11.6. The van der Waals surface area contributed by atoms with Crippen LogP contribution in [0.2, 0.25) is 0 Å². The van der Waals surface area contributed by atoms with Crippen molar-refractivity contribution in [1.82, 2.24) is 14.8 Å². The Morgan fingerprint density at radius 2 is 2.10 bits per heavy atom. The molecule has 0 fully saturated rings. The monoisotopic (exact) mass is 312 g/mol. The fourth-order valence-electron chi connectivity index (χ4n) is 2.54. The molecule has 0 saturated heterocycles. The van der Waals surface area contributed by atoms with Crippen LogP contribution in [0, 0.1) is 0 Å². The smallest absolute Gasteiger partial charge is 0.273 e. The van der Waals surface area contributed by atoms with Crippen molar-refractivity contribution in [3.05, 3.63) is 16.5 Å². The molecule has 20 heavy (non-hydrogen) atoms. The van der Waals surface area contributed by atoms with E-state index in [1.165, 1.54) is 16.9 Å². The summed E-state index contributed by atoms with van der Waals surface area (Å²) in [5, 5.41) is 12.9. The Morgan fingerprint density at radius 3 is 2.70 bits per heavy atom. The molecule has 0 amide bonds. The standard InChI is InChI=1S/C12H16N4O2S2/c1-7(2)16-11(14-15-12(16)20(13,17)18)10-6-8-4-3-5-9(8)19-10/h6-7H,3-5H2,1-2H3,(H2,13,17,18). The number of hydrogen-bond acceptors (Lipinski definition) is 5. The van der Waals surface area contributed by atoms with Gasteiger partial charge in [0.15, 0.2) is 5.82 Å². The number of hydrogen-bond donors (Lipinski definition) is 1. The van der Waals surface area contributed by atoms with E-state index >= 15 is 0 Å². The van der Waals surface area contributed by atoms with Crippen LogP contribution in [0.4, 0.5) is 0 Å². The Kier molecular flexibility index (Phi) is 3.19. The molecular formula is C12H16N4O2S2. The molecule has 2 aromatic heterocycles. The number of nitrogens with two attached hydrogens (primary N) is 1. The van der Waals surface area contributed by atoms with E-state index in [1.54, 1.807) is 15.9 Å². The average molecular weight is 312 g/mol. The summed E-state index contributed by atoms with van der Waals surface area (Å²) < 4.78 is 24.8. The zero-order valence-electron chi connectivity index (χ0n) is 11.3. The number of fused-ring (bicyclic) bond motifs is 1. The minimum Gasteiger partial charge on any atom is -0.294 e. The molecule has 1 aliphatic rings. The number of sulfonamides is 1. The number of nitrogens with zero attached hydrogens (tertiary/aromatic N) is 3. The Balaban J connectivity index is 2.16. The molecule has 0 unspecified atom stereocenters. The van der Waals surface area contributed by atoms with Crippen molar-refractivity contribution in [2.75, 3.05) is 0 Å². The first-order chi connectivity index (χ1) is 9.38. The third kappa shape index (κ3) is 2.17. The maximum atomic E-state index is 11.6. The van der Waals surface area contributed by atoms with Crippen LogP contribution in [0.1, 0.15) is 36.8 Å². The molecular weight excluding hydrogens is 296 g/mol. The summed E-state index contributed by atoms with van der Waals surface area (Å²) >= 11 is 1.67. The molecule has 0 aromatic carbocycles.